The van der Waals surface area contributed by atoms with Crippen LogP contribution in [0, 0.1) is 6.92 Å². The van der Waals surface area contributed by atoms with E-state index in [2.05, 4.69) is 8.75 Å². The van der Waals surface area contributed by atoms with Crippen LogP contribution in [0.2, 0.25) is 0 Å². The highest BCUT2D eigenvalue weighted by Gasteiger charge is 2.25. The van der Waals surface area contributed by atoms with Crippen LogP contribution in [-0.2, 0) is 11.2 Å². The molecule has 0 saturated heterocycles. The maximum Gasteiger partial charge on any atom is 0.336 e. The van der Waals surface area contributed by atoms with Crippen molar-refractivity contribution in [3.05, 3.63) is 94.6 Å². The molecule has 0 aliphatic carbocycles. The van der Waals surface area contributed by atoms with Gasteiger partial charge in [-0.15, -0.1) is 0 Å². The number of rotatable bonds is 7. The number of carboxylic acid groups (broad SMARTS) is 1. The number of hydrogen-bond donors (Lipinski definition) is 1. The molecule has 0 aliphatic rings. The molecule has 160 valence electrons. The number of carboxylic acids is 1. The summed E-state index contributed by atoms with van der Waals surface area (Å²) in [6.07, 6.45) is 0.103. The number of methoxy groups -OCH3 is 1. The molecule has 7 heteroatoms. The van der Waals surface area contributed by atoms with Crippen molar-refractivity contribution < 1.29 is 19.4 Å². The second-order valence-electron chi connectivity index (χ2n) is 7.31. The van der Waals surface area contributed by atoms with Gasteiger partial charge in [0.15, 0.2) is 5.78 Å². The van der Waals surface area contributed by atoms with Gasteiger partial charge in [0.2, 0.25) is 0 Å². The molecule has 0 radical (unpaired) electrons. The highest BCUT2D eigenvalue weighted by atomic mass is 32.1. The Kier molecular flexibility index (Phi) is 6.09. The Bertz CT molecular complexity index is 1340. The van der Waals surface area contributed by atoms with Gasteiger partial charge in [-0.2, -0.15) is 8.75 Å². The second kappa shape index (κ2) is 9.11. The molecule has 32 heavy (non-hydrogen) atoms. The number of carbonyl (C=O) groups is 2. The fraction of sp³-hybridized carbons (Fsp3) is 0.120. The van der Waals surface area contributed by atoms with Crippen molar-refractivity contribution in [2.75, 3.05) is 7.11 Å². The number of fused-ring (bicyclic) bond motifs is 1. The van der Waals surface area contributed by atoms with Crippen molar-refractivity contribution in [3.8, 4) is 5.75 Å². The minimum atomic E-state index is -1.18. The van der Waals surface area contributed by atoms with Crippen molar-refractivity contribution in [1.82, 2.24) is 8.75 Å². The largest absolute Gasteiger partial charge is 0.496 e. The predicted octanol–water partition coefficient (Wildman–Crippen LogP) is 4.97. The quantitative estimate of drug-likeness (QED) is 0.320. The van der Waals surface area contributed by atoms with Gasteiger partial charge in [0.25, 0.3) is 0 Å². The number of allylic oxidation sites excluding steroid dienone is 1. The molecular weight excluding hydrogens is 424 g/mol. The van der Waals surface area contributed by atoms with E-state index in [1.807, 2.05) is 37.3 Å². The first-order valence-corrected chi connectivity index (χ1v) is 10.6. The predicted molar refractivity (Wildman–Crippen MR) is 124 cm³/mol. The lowest BCUT2D eigenvalue weighted by Gasteiger charge is -2.15. The smallest absolute Gasteiger partial charge is 0.336 e. The molecule has 6 nitrogen and oxygen atoms in total. The molecule has 1 N–H and O–H groups in total. The topological polar surface area (TPSA) is 89.4 Å². The van der Waals surface area contributed by atoms with E-state index in [9.17, 15) is 14.7 Å². The first kappa shape index (κ1) is 21.4. The zero-order valence-corrected chi connectivity index (χ0v) is 18.3. The van der Waals surface area contributed by atoms with E-state index >= 15 is 0 Å². The van der Waals surface area contributed by atoms with Gasteiger partial charge in [-0.05, 0) is 36.2 Å². The molecule has 0 unspecified atom stereocenters. The summed E-state index contributed by atoms with van der Waals surface area (Å²) in [5.41, 5.74) is 3.95. The fourth-order valence-electron chi connectivity index (χ4n) is 3.57. The Morgan fingerprint density at radius 2 is 1.62 bits per heavy atom. The van der Waals surface area contributed by atoms with Gasteiger partial charge in [-0.25, -0.2) is 4.79 Å². The third-order valence-corrected chi connectivity index (χ3v) is 5.76. The summed E-state index contributed by atoms with van der Waals surface area (Å²) in [5, 5.41) is 10.2. The Morgan fingerprint density at radius 1 is 0.938 bits per heavy atom. The third-order valence-electron chi connectivity index (χ3n) is 5.21. The molecule has 0 spiro atoms. The molecule has 3 aromatic carbocycles. The molecular formula is C25H20N2O4S. The molecule has 0 aliphatic heterocycles. The number of carbonyl (C=O) groups excluding carboxylic acids is 1. The van der Waals surface area contributed by atoms with Crippen LogP contribution in [0.15, 0.2) is 72.3 Å². The summed E-state index contributed by atoms with van der Waals surface area (Å²) in [6.45, 7) is 1.93. The number of aliphatic carboxylic acids is 1. The Balaban J connectivity index is 1.93. The number of benzene rings is 3. The van der Waals surface area contributed by atoms with Crippen molar-refractivity contribution in [2.24, 2.45) is 0 Å². The molecule has 0 atom stereocenters. The Hall–Kier alpha value is -3.84. The van der Waals surface area contributed by atoms with E-state index in [1.54, 1.807) is 43.5 Å². The zero-order valence-electron chi connectivity index (χ0n) is 17.5. The van der Waals surface area contributed by atoms with Gasteiger partial charge in [0.05, 0.1) is 24.4 Å². The third kappa shape index (κ3) is 4.29. The minimum absolute atomic E-state index is 0.0589. The first-order valence-electron chi connectivity index (χ1n) is 9.90. The summed E-state index contributed by atoms with van der Waals surface area (Å²) in [6, 6.07) is 19.4. The van der Waals surface area contributed by atoms with E-state index in [-0.39, 0.29) is 23.4 Å². The van der Waals surface area contributed by atoms with Crippen molar-refractivity contribution in [2.45, 2.75) is 13.3 Å². The number of hydrogen-bond acceptors (Lipinski definition) is 6. The first-order chi connectivity index (χ1) is 15.5. The van der Waals surface area contributed by atoms with Gasteiger partial charge in [0, 0.05) is 17.6 Å². The average Bonchev–Trinajstić information content (AvgIpc) is 3.27. The van der Waals surface area contributed by atoms with E-state index in [4.69, 9.17) is 4.74 Å². The van der Waals surface area contributed by atoms with Gasteiger partial charge in [-0.3, -0.25) is 4.79 Å². The van der Waals surface area contributed by atoms with Crippen LogP contribution in [0.4, 0.5) is 0 Å². The maximum atomic E-state index is 13.6. The molecule has 0 saturated carbocycles. The number of Topliss-reactive ketones (excluding diaryl/α,β-unsaturated/α-hetero) is 1. The normalized spacial score (nSPS) is 11.8. The van der Waals surface area contributed by atoms with Gasteiger partial charge in [-0.1, -0.05) is 54.1 Å². The van der Waals surface area contributed by atoms with Crippen LogP contribution in [0.3, 0.4) is 0 Å². The number of nitrogens with zero attached hydrogens (tertiary/aromatic N) is 2. The molecule has 4 rings (SSSR count). The van der Waals surface area contributed by atoms with Gasteiger partial charge < -0.3 is 9.84 Å². The van der Waals surface area contributed by atoms with E-state index < -0.39 is 5.97 Å². The molecule has 0 amide bonds. The zero-order chi connectivity index (χ0) is 22.7. The Morgan fingerprint density at radius 3 is 2.34 bits per heavy atom. The van der Waals surface area contributed by atoms with Crippen LogP contribution in [-0.4, -0.2) is 32.7 Å². The highest BCUT2D eigenvalue weighted by Crippen LogP contribution is 2.30. The van der Waals surface area contributed by atoms with Crippen molar-refractivity contribution in [3.63, 3.8) is 0 Å². The van der Waals surface area contributed by atoms with Gasteiger partial charge in [0.1, 0.15) is 16.8 Å². The van der Waals surface area contributed by atoms with E-state index in [0.717, 1.165) is 22.9 Å². The van der Waals surface area contributed by atoms with E-state index in [0.29, 0.717) is 27.9 Å². The molecule has 0 fully saturated rings. The lowest BCUT2D eigenvalue weighted by atomic mass is 9.89. The second-order valence-corrected chi connectivity index (χ2v) is 7.84. The van der Waals surface area contributed by atoms with Gasteiger partial charge >= 0.3 is 5.97 Å². The standard InChI is InChI=1S/C25H20N2O4S/c1-15-7-9-16(10-8-15)24(28)19(13-17-5-3-4-6-22(17)31-2)23(25(29)30)18-11-12-20-21(14-18)27-32-26-20/h3-12,14H,13H2,1-2H3,(H,29,30)/b23-19+. The number of ketones is 1. The van der Waals surface area contributed by atoms with Crippen LogP contribution >= 0.6 is 11.7 Å². The van der Waals surface area contributed by atoms with Crippen LogP contribution in [0.25, 0.3) is 16.6 Å². The van der Waals surface area contributed by atoms with Crippen LogP contribution in [0.1, 0.15) is 27.0 Å². The van der Waals surface area contributed by atoms with Crippen LogP contribution < -0.4 is 4.74 Å². The summed E-state index contributed by atoms with van der Waals surface area (Å²) in [5.74, 6) is -0.937. The summed E-state index contributed by atoms with van der Waals surface area (Å²) >= 11 is 1.06. The maximum absolute atomic E-state index is 13.6. The monoisotopic (exact) mass is 444 g/mol. The SMILES string of the molecule is COc1ccccc1C/C(C(=O)c1ccc(C)cc1)=C(\C(=O)O)c1ccc2nsnc2c1. The lowest BCUT2D eigenvalue weighted by molar-refractivity contribution is -0.130. The van der Waals surface area contributed by atoms with Crippen molar-refractivity contribution in [1.29, 1.82) is 0 Å². The van der Waals surface area contributed by atoms with Crippen LogP contribution in [0.5, 0.6) is 5.75 Å². The number of aryl methyl sites for hydroxylation is 1. The molecule has 0 bridgehead atoms. The fourth-order valence-corrected chi connectivity index (χ4v) is 4.08. The minimum Gasteiger partial charge on any atom is -0.496 e. The number of aromatic nitrogens is 2. The van der Waals surface area contributed by atoms with E-state index in [1.165, 1.54) is 0 Å². The highest BCUT2D eigenvalue weighted by molar-refractivity contribution is 7.00. The van der Waals surface area contributed by atoms with Crippen molar-refractivity contribution >= 4 is 40.1 Å². The number of para-hydroxylation sites is 1. The lowest BCUT2D eigenvalue weighted by Crippen LogP contribution is -2.14. The summed E-state index contributed by atoms with van der Waals surface area (Å²) in [4.78, 5) is 26.1. The molecule has 1 aromatic heterocycles. The Labute approximate surface area is 189 Å². The molecule has 1 heterocycles. The molecule has 4 aromatic rings. The summed E-state index contributed by atoms with van der Waals surface area (Å²) in [7, 11) is 1.55. The number of ether oxygens (including phenoxy) is 1. The summed E-state index contributed by atoms with van der Waals surface area (Å²) < 4.78 is 13.8. The average molecular weight is 445 g/mol.